The zero-order valence-corrected chi connectivity index (χ0v) is 9.32. The van der Waals surface area contributed by atoms with Crippen LogP contribution in [-0.4, -0.2) is 25.5 Å². The van der Waals surface area contributed by atoms with Crippen LogP contribution in [0.15, 0.2) is 24.3 Å². The Kier molecular flexibility index (Phi) is 5.10. The monoisotopic (exact) mass is 217 g/mol. The molecule has 0 radical (unpaired) electrons. The second kappa shape index (κ2) is 6.65. The third-order valence-corrected chi connectivity index (χ3v) is 2.00. The van der Waals surface area contributed by atoms with Gasteiger partial charge in [0, 0.05) is 0 Å². The summed E-state index contributed by atoms with van der Waals surface area (Å²) in [5.74, 6) is 3.03. The van der Waals surface area contributed by atoms with E-state index in [0.717, 1.165) is 0 Å². The summed E-state index contributed by atoms with van der Waals surface area (Å²) < 4.78 is 5.38. The number of ether oxygens (including phenoxy) is 1. The minimum Gasteiger partial charge on any atom is -0.493 e. The van der Waals surface area contributed by atoms with Crippen LogP contribution in [0.5, 0.6) is 5.75 Å². The zero-order chi connectivity index (χ0) is 11.8. The fraction of sp³-hybridized carbons (Fsp3) is 0.308. The highest BCUT2D eigenvalue weighted by atomic mass is 16.5. The molecule has 0 aliphatic carbocycles. The molecular formula is C13H15NO2. The Morgan fingerprint density at radius 1 is 1.50 bits per heavy atom. The molecule has 1 rings (SSSR count). The van der Waals surface area contributed by atoms with Crippen LogP contribution in [0.2, 0.25) is 0 Å². The standard InChI is InChI=1S/C13H15NO2/c1-3-9-14-10-12(15)11-7-5-6-8-13(11)16-4-2/h1,5-8,14H,4,9-10H2,2H3. The molecule has 0 bridgehead atoms. The summed E-state index contributed by atoms with van der Waals surface area (Å²) in [6.45, 7) is 3.05. The smallest absolute Gasteiger partial charge is 0.180 e. The minimum absolute atomic E-state index is 0.0145. The van der Waals surface area contributed by atoms with E-state index in [-0.39, 0.29) is 12.3 Å². The summed E-state index contributed by atoms with van der Waals surface area (Å²) in [5.41, 5.74) is 0.592. The molecule has 0 saturated heterocycles. The first-order chi connectivity index (χ1) is 7.79. The van der Waals surface area contributed by atoms with Crippen LogP contribution in [0.4, 0.5) is 0 Å². The van der Waals surface area contributed by atoms with Crippen molar-refractivity contribution in [2.75, 3.05) is 19.7 Å². The molecule has 16 heavy (non-hydrogen) atoms. The van der Waals surface area contributed by atoms with E-state index >= 15 is 0 Å². The highest BCUT2D eigenvalue weighted by Gasteiger charge is 2.10. The van der Waals surface area contributed by atoms with Crippen molar-refractivity contribution in [1.82, 2.24) is 5.32 Å². The quantitative estimate of drug-likeness (QED) is 0.446. The molecule has 3 nitrogen and oxygen atoms in total. The van der Waals surface area contributed by atoms with Gasteiger partial charge in [0.1, 0.15) is 5.75 Å². The van der Waals surface area contributed by atoms with Gasteiger partial charge in [-0.1, -0.05) is 18.1 Å². The summed E-state index contributed by atoms with van der Waals surface area (Å²) >= 11 is 0. The van der Waals surface area contributed by atoms with Gasteiger partial charge in [0.15, 0.2) is 5.78 Å². The van der Waals surface area contributed by atoms with Gasteiger partial charge in [0.25, 0.3) is 0 Å². The predicted molar refractivity (Wildman–Crippen MR) is 63.6 cm³/mol. The van der Waals surface area contributed by atoms with Crippen LogP contribution in [0.1, 0.15) is 17.3 Å². The Labute approximate surface area is 95.8 Å². The van der Waals surface area contributed by atoms with E-state index in [4.69, 9.17) is 11.2 Å². The van der Waals surface area contributed by atoms with Crippen LogP contribution >= 0.6 is 0 Å². The SMILES string of the molecule is C#CCNCC(=O)c1ccccc1OCC. The summed E-state index contributed by atoms with van der Waals surface area (Å²) in [6, 6.07) is 7.20. The number of carbonyl (C=O) groups is 1. The first-order valence-corrected chi connectivity index (χ1v) is 5.18. The highest BCUT2D eigenvalue weighted by Crippen LogP contribution is 2.17. The summed E-state index contributed by atoms with van der Waals surface area (Å²) in [4.78, 5) is 11.8. The van der Waals surface area contributed by atoms with Crippen molar-refractivity contribution in [3.8, 4) is 18.1 Å². The number of terminal acetylenes is 1. The second-order valence-electron chi connectivity index (χ2n) is 3.16. The van der Waals surface area contributed by atoms with E-state index in [1.807, 2.05) is 19.1 Å². The summed E-state index contributed by atoms with van der Waals surface area (Å²) in [7, 11) is 0. The molecule has 0 spiro atoms. The number of hydrogen-bond donors (Lipinski definition) is 1. The van der Waals surface area contributed by atoms with Crippen LogP contribution in [0.3, 0.4) is 0 Å². The largest absolute Gasteiger partial charge is 0.493 e. The Morgan fingerprint density at radius 2 is 2.25 bits per heavy atom. The van der Waals surface area contributed by atoms with Crippen LogP contribution in [0, 0.1) is 12.3 Å². The molecule has 0 fully saturated rings. The number of para-hydroxylation sites is 1. The number of carbonyl (C=O) groups excluding carboxylic acids is 1. The van der Waals surface area contributed by atoms with E-state index in [0.29, 0.717) is 24.5 Å². The van der Waals surface area contributed by atoms with Gasteiger partial charge in [-0.25, -0.2) is 0 Å². The first kappa shape index (κ1) is 12.3. The maximum absolute atomic E-state index is 11.8. The normalized spacial score (nSPS) is 9.50. The van der Waals surface area contributed by atoms with Gasteiger partial charge in [-0.2, -0.15) is 0 Å². The second-order valence-corrected chi connectivity index (χ2v) is 3.16. The van der Waals surface area contributed by atoms with Gasteiger partial charge in [-0.15, -0.1) is 6.42 Å². The Hall–Kier alpha value is -1.79. The molecule has 0 aliphatic heterocycles. The fourth-order valence-corrected chi connectivity index (χ4v) is 1.32. The van der Waals surface area contributed by atoms with Crippen molar-refractivity contribution < 1.29 is 9.53 Å². The lowest BCUT2D eigenvalue weighted by Crippen LogP contribution is -2.23. The maximum Gasteiger partial charge on any atom is 0.180 e. The molecule has 1 aromatic carbocycles. The van der Waals surface area contributed by atoms with Gasteiger partial charge in [0.2, 0.25) is 0 Å². The molecule has 0 atom stereocenters. The number of hydrogen-bond acceptors (Lipinski definition) is 3. The molecular weight excluding hydrogens is 202 g/mol. The molecule has 0 aromatic heterocycles. The maximum atomic E-state index is 11.8. The van der Waals surface area contributed by atoms with Crippen molar-refractivity contribution >= 4 is 5.78 Å². The van der Waals surface area contributed by atoms with Gasteiger partial charge in [-0.3, -0.25) is 10.1 Å². The fourth-order valence-electron chi connectivity index (χ4n) is 1.32. The number of Topliss-reactive ketones (excluding diaryl/α,β-unsaturated/α-hetero) is 1. The number of rotatable bonds is 6. The van der Waals surface area contributed by atoms with E-state index in [1.54, 1.807) is 12.1 Å². The Morgan fingerprint density at radius 3 is 2.94 bits per heavy atom. The lowest BCUT2D eigenvalue weighted by Gasteiger charge is -2.08. The topological polar surface area (TPSA) is 38.3 Å². The van der Waals surface area contributed by atoms with Gasteiger partial charge in [0.05, 0.1) is 25.3 Å². The molecule has 84 valence electrons. The third-order valence-electron chi connectivity index (χ3n) is 2.00. The van der Waals surface area contributed by atoms with Crippen LogP contribution < -0.4 is 10.1 Å². The first-order valence-electron chi connectivity index (χ1n) is 5.18. The highest BCUT2D eigenvalue weighted by molar-refractivity contribution is 6.00. The average Bonchev–Trinajstić information content (AvgIpc) is 2.30. The molecule has 1 aromatic rings. The van der Waals surface area contributed by atoms with Crippen molar-refractivity contribution in [3.63, 3.8) is 0 Å². The van der Waals surface area contributed by atoms with Crippen molar-refractivity contribution in [1.29, 1.82) is 0 Å². The van der Waals surface area contributed by atoms with E-state index in [1.165, 1.54) is 0 Å². The van der Waals surface area contributed by atoms with E-state index in [2.05, 4.69) is 11.2 Å². The molecule has 0 heterocycles. The van der Waals surface area contributed by atoms with E-state index in [9.17, 15) is 4.79 Å². The number of benzene rings is 1. The minimum atomic E-state index is -0.0145. The third kappa shape index (κ3) is 3.41. The average molecular weight is 217 g/mol. The Bertz CT molecular complexity index is 393. The molecule has 0 saturated carbocycles. The number of ketones is 1. The summed E-state index contributed by atoms with van der Waals surface area (Å²) in [6.07, 6.45) is 5.08. The van der Waals surface area contributed by atoms with Crippen molar-refractivity contribution in [2.24, 2.45) is 0 Å². The lowest BCUT2D eigenvalue weighted by atomic mass is 10.1. The van der Waals surface area contributed by atoms with Crippen LogP contribution in [0.25, 0.3) is 0 Å². The molecule has 0 amide bonds. The summed E-state index contributed by atoms with van der Waals surface area (Å²) in [5, 5.41) is 2.86. The van der Waals surface area contributed by atoms with Gasteiger partial charge in [-0.05, 0) is 19.1 Å². The molecule has 1 N–H and O–H groups in total. The molecule has 0 aliphatic rings. The predicted octanol–water partition coefficient (Wildman–Crippen LogP) is 1.49. The van der Waals surface area contributed by atoms with E-state index < -0.39 is 0 Å². The van der Waals surface area contributed by atoms with Gasteiger partial charge < -0.3 is 4.74 Å². The molecule has 0 unspecified atom stereocenters. The van der Waals surface area contributed by atoms with Crippen molar-refractivity contribution in [3.05, 3.63) is 29.8 Å². The zero-order valence-electron chi connectivity index (χ0n) is 9.32. The van der Waals surface area contributed by atoms with Crippen molar-refractivity contribution in [2.45, 2.75) is 6.92 Å². The lowest BCUT2D eigenvalue weighted by molar-refractivity contribution is 0.0989. The molecule has 3 heteroatoms. The number of nitrogens with one attached hydrogen (secondary N) is 1. The van der Waals surface area contributed by atoms with Gasteiger partial charge >= 0.3 is 0 Å². The van der Waals surface area contributed by atoms with Crippen LogP contribution in [-0.2, 0) is 0 Å². The Balaban J connectivity index is 2.70.